The zero-order chi connectivity index (χ0) is 19.2. The first-order valence-electron chi connectivity index (χ1n) is 8.85. The van der Waals surface area contributed by atoms with Crippen molar-refractivity contribution in [3.63, 3.8) is 0 Å². The van der Waals surface area contributed by atoms with E-state index in [1.165, 1.54) is 0 Å². The van der Waals surface area contributed by atoms with E-state index in [1.807, 2.05) is 62.4 Å². The van der Waals surface area contributed by atoms with Gasteiger partial charge in [-0.3, -0.25) is 0 Å². The third kappa shape index (κ3) is 5.11. The molecule has 0 spiro atoms. The molecule has 3 aromatic rings. The second-order valence-electron chi connectivity index (χ2n) is 6.24. The Bertz CT molecular complexity index is 846. The number of ether oxygens (including phenoxy) is 3. The van der Waals surface area contributed by atoms with Gasteiger partial charge in [0.1, 0.15) is 23.0 Å². The van der Waals surface area contributed by atoms with Crippen molar-refractivity contribution in [2.24, 2.45) is 0 Å². The Balaban J connectivity index is 1.91. The maximum absolute atomic E-state index is 12.2. The normalized spacial score (nSPS) is 10.3. The fraction of sp³-hybridized carbons (Fsp3) is 0.174. The Kier molecular flexibility index (Phi) is 5.77. The van der Waals surface area contributed by atoms with Crippen molar-refractivity contribution in [3.8, 4) is 23.0 Å². The molecule has 4 nitrogen and oxygen atoms in total. The lowest BCUT2D eigenvalue weighted by Gasteiger charge is -2.12. The van der Waals surface area contributed by atoms with E-state index < -0.39 is 5.97 Å². The van der Waals surface area contributed by atoms with Gasteiger partial charge in [-0.2, -0.15) is 0 Å². The van der Waals surface area contributed by atoms with E-state index in [9.17, 15) is 4.79 Å². The molecule has 0 amide bonds. The number of rotatable bonds is 6. The average Bonchev–Trinajstić information content (AvgIpc) is 2.65. The molecule has 3 rings (SSSR count). The summed E-state index contributed by atoms with van der Waals surface area (Å²) in [6.07, 6.45) is 0. The van der Waals surface area contributed by atoms with Gasteiger partial charge < -0.3 is 14.2 Å². The van der Waals surface area contributed by atoms with Crippen LogP contribution < -0.4 is 9.47 Å². The monoisotopic (exact) mass is 362 g/mol. The molecule has 27 heavy (non-hydrogen) atoms. The van der Waals surface area contributed by atoms with Gasteiger partial charge in [0.25, 0.3) is 0 Å². The van der Waals surface area contributed by atoms with Gasteiger partial charge in [0.2, 0.25) is 0 Å². The number of esters is 1. The number of hydrogen-bond donors (Lipinski definition) is 0. The summed E-state index contributed by atoms with van der Waals surface area (Å²) in [5.41, 5.74) is 2.67. The molecule has 0 bridgehead atoms. The van der Waals surface area contributed by atoms with Crippen LogP contribution in [0.4, 0.5) is 0 Å². The number of carbonyl (C=O) groups excluding carboxylic acids is 1. The molecular weight excluding hydrogens is 340 g/mol. The molecule has 0 aliphatic heterocycles. The highest BCUT2D eigenvalue weighted by atomic mass is 16.5. The van der Waals surface area contributed by atoms with Gasteiger partial charge in [-0.25, -0.2) is 4.79 Å². The molecule has 0 saturated carbocycles. The largest absolute Gasteiger partial charge is 0.462 e. The van der Waals surface area contributed by atoms with Gasteiger partial charge in [-0.15, -0.1) is 0 Å². The molecular formula is C23H22O4. The molecule has 0 N–H and O–H groups in total. The molecule has 0 aliphatic carbocycles. The topological polar surface area (TPSA) is 44.8 Å². The maximum Gasteiger partial charge on any atom is 0.338 e. The first kappa shape index (κ1) is 18.5. The Hall–Kier alpha value is -3.27. The Morgan fingerprint density at radius 1 is 0.704 bits per heavy atom. The summed E-state index contributed by atoms with van der Waals surface area (Å²) >= 11 is 0. The van der Waals surface area contributed by atoms with E-state index in [0.717, 1.165) is 11.1 Å². The predicted octanol–water partition coefficient (Wildman–Crippen LogP) is 6.06. The summed E-state index contributed by atoms with van der Waals surface area (Å²) in [6.45, 7) is 6.10. The SMILES string of the molecule is CCOC(=O)c1cc(Oc2ccc(C)cc2)cc(Oc2ccc(C)cc2)c1. The molecule has 0 unspecified atom stereocenters. The quantitative estimate of drug-likeness (QED) is 0.500. The number of hydrogen-bond acceptors (Lipinski definition) is 4. The van der Waals surface area contributed by atoms with Gasteiger partial charge in [0.15, 0.2) is 0 Å². The van der Waals surface area contributed by atoms with E-state index in [2.05, 4.69) is 0 Å². The first-order valence-corrected chi connectivity index (χ1v) is 8.85. The van der Waals surface area contributed by atoms with Gasteiger partial charge in [-0.05, 0) is 57.2 Å². The maximum atomic E-state index is 12.2. The van der Waals surface area contributed by atoms with E-state index in [4.69, 9.17) is 14.2 Å². The number of benzene rings is 3. The summed E-state index contributed by atoms with van der Waals surface area (Å²) in [5, 5.41) is 0. The second kappa shape index (κ2) is 8.41. The van der Waals surface area contributed by atoms with Crippen LogP contribution in [-0.4, -0.2) is 12.6 Å². The minimum absolute atomic E-state index is 0.302. The first-order chi connectivity index (χ1) is 13.0. The van der Waals surface area contributed by atoms with Gasteiger partial charge >= 0.3 is 5.97 Å². The van der Waals surface area contributed by atoms with Gasteiger partial charge in [0.05, 0.1) is 12.2 Å². The van der Waals surface area contributed by atoms with E-state index in [-0.39, 0.29) is 0 Å². The van der Waals surface area contributed by atoms with Crippen LogP contribution in [-0.2, 0) is 4.74 Å². The van der Waals surface area contributed by atoms with Crippen molar-refractivity contribution >= 4 is 5.97 Å². The summed E-state index contributed by atoms with van der Waals surface area (Å²) in [4.78, 5) is 12.2. The second-order valence-corrected chi connectivity index (χ2v) is 6.24. The molecule has 0 heterocycles. The van der Waals surface area contributed by atoms with Gasteiger partial charge in [-0.1, -0.05) is 35.4 Å². The summed E-state index contributed by atoms with van der Waals surface area (Å²) in [5.74, 6) is 1.96. The molecule has 0 saturated heterocycles. The highest BCUT2D eigenvalue weighted by molar-refractivity contribution is 5.90. The van der Waals surface area contributed by atoms with Crippen LogP contribution in [0.15, 0.2) is 66.7 Å². The third-order valence-corrected chi connectivity index (χ3v) is 3.90. The van der Waals surface area contributed by atoms with E-state index >= 15 is 0 Å². The highest BCUT2D eigenvalue weighted by Gasteiger charge is 2.12. The van der Waals surface area contributed by atoms with Crippen molar-refractivity contribution in [3.05, 3.63) is 83.4 Å². The molecule has 0 aromatic heterocycles. The fourth-order valence-corrected chi connectivity index (χ4v) is 2.51. The molecule has 4 heteroatoms. The van der Waals surface area contributed by atoms with Crippen LogP contribution in [0.3, 0.4) is 0 Å². The Morgan fingerprint density at radius 3 is 1.56 bits per heavy atom. The molecule has 0 fully saturated rings. The molecule has 3 aromatic carbocycles. The van der Waals surface area contributed by atoms with Gasteiger partial charge in [0, 0.05) is 6.07 Å². The van der Waals surface area contributed by atoms with Crippen LogP contribution in [0.25, 0.3) is 0 Å². The Labute approximate surface area is 159 Å². The zero-order valence-electron chi connectivity index (χ0n) is 15.7. The van der Waals surface area contributed by atoms with Crippen molar-refractivity contribution in [2.75, 3.05) is 6.61 Å². The standard InChI is InChI=1S/C23H22O4/c1-4-25-23(24)18-13-21(26-19-9-5-16(2)6-10-19)15-22(14-18)27-20-11-7-17(3)8-12-20/h5-15H,4H2,1-3H3. The summed E-state index contributed by atoms with van der Waals surface area (Å²) < 4.78 is 16.9. The Morgan fingerprint density at radius 2 is 1.15 bits per heavy atom. The van der Waals surface area contributed by atoms with Crippen molar-refractivity contribution in [1.29, 1.82) is 0 Å². The third-order valence-electron chi connectivity index (χ3n) is 3.90. The lowest BCUT2D eigenvalue weighted by atomic mass is 10.2. The molecule has 138 valence electrons. The smallest absolute Gasteiger partial charge is 0.338 e. The number of carbonyl (C=O) groups is 1. The van der Waals surface area contributed by atoms with Crippen LogP contribution in [0.5, 0.6) is 23.0 Å². The van der Waals surface area contributed by atoms with E-state index in [1.54, 1.807) is 25.1 Å². The van der Waals surface area contributed by atoms with Crippen LogP contribution in [0.2, 0.25) is 0 Å². The molecule has 0 radical (unpaired) electrons. The van der Waals surface area contributed by atoms with Crippen LogP contribution in [0.1, 0.15) is 28.4 Å². The highest BCUT2D eigenvalue weighted by Crippen LogP contribution is 2.31. The number of aryl methyl sites for hydroxylation is 2. The molecule has 0 atom stereocenters. The van der Waals surface area contributed by atoms with Crippen molar-refractivity contribution in [2.45, 2.75) is 20.8 Å². The zero-order valence-corrected chi connectivity index (χ0v) is 15.7. The minimum atomic E-state index is -0.416. The summed E-state index contributed by atoms with van der Waals surface area (Å²) in [6, 6.07) is 20.5. The minimum Gasteiger partial charge on any atom is -0.462 e. The lowest BCUT2D eigenvalue weighted by molar-refractivity contribution is 0.0525. The van der Waals surface area contributed by atoms with Crippen LogP contribution >= 0.6 is 0 Å². The molecule has 0 aliphatic rings. The lowest BCUT2D eigenvalue weighted by Crippen LogP contribution is -2.05. The van der Waals surface area contributed by atoms with E-state index in [0.29, 0.717) is 35.2 Å². The fourth-order valence-electron chi connectivity index (χ4n) is 2.51. The average molecular weight is 362 g/mol. The van der Waals surface area contributed by atoms with Crippen LogP contribution in [0, 0.1) is 13.8 Å². The van der Waals surface area contributed by atoms with Crippen molar-refractivity contribution < 1.29 is 19.0 Å². The van der Waals surface area contributed by atoms with Crippen molar-refractivity contribution in [1.82, 2.24) is 0 Å². The predicted molar refractivity (Wildman–Crippen MR) is 105 cm³/mol. The summed E-state index contributed by atoms with van der Waals surface area (Å²) in [7, 11) is 0.